The van der Waals surface area contributed by atoms with Crippen LogP contribution in [0.5, 0.6) is 0 Å². The molecule has 0 aliphatic heterocycles. The van der Waals surface area contributed by atoms with Crippen molar-refractivity contribution in [3.05, 3.63) is 32.4 Å². The van der Waals surface area contributed by atoms with Crippen LogP contribution in [0.2, 0.25) is 0 Å². The van der Waals surface area contributed by atoms with Crippen LogP contribution in [0.3, 0.4) is 0 Å². The van der Waals surface area contributed by atoms with Crippen LogP contribution >= 0.6 is 27.3 Å². The largest absolute Gasteiger partial charge is 0.383 e. The minimum Gasteiger partial charge on any atom is -0.383 e. The molecule has 0 aromatic carbocycles. The van der Waals surface area contributed by atoms with Crippen molar-refractivity contribution in [2.24, 2.45) is 5.73 Å². The molecule has 2 rings (SSSR count). The summed E-state index contributed by atoms with van der Waals surface area (Å²) >= 11 is 5.07. The molecule has 7 heteroatoms. The van der Waals surface area contributed by atoms with E-state index < -0.39 is 0 Å². The summed E-state index contributed by atoms with van der Waals surface area (Å²) in [7, 11) is 1.67. The number of nitrogens with zero attached hydrogens (tertiary/aromatic N) is 3. The van der Waals surface area contributed by atoms with Gasteiger partial charge in [0.2, 0.25) is 0 Å². The van der Waals surface area contributed by atoms with Crippen LogP contribution in [0.4, 0.5) is 0 Å². The van der Waals surface area contributed by atoms with Crippen molar-refractivity contribution in [1.29, 1.82) is 0 Å². The molecule has 0 saturated carbocycles. The van der Waals surface area contributed by atoms with Gasteiger partial charge in [-0.3, -0.25) is 4.68 Å². The third-order valence-electron chi connectivity index (χ3n) is 2.70. The van der Waals surface area contributed by atoms with E-state index in [-0.39, 0.29) is 6.04 Å². The van der Waals surface area contributed by atoms with Crippen LogP contribution in [-0.2, 0) is 11.3 Å². The van der Waals surface area contributed by atoms with Crippen LogP contribution in [0.1, 0.15) is 22.3 Å². The highest BCUT2D eigenvalue weighted by molar-refractivity contribution is 9.10. The molecular formula is C11H15BrN4OS. The zero-order chi connectivity index (χ0) is 13.1. The average molecular weight is 331 g/mol. The average Bonchev–Trinajstić information content (AvgIpc) is 2.92. The molecule has 0 aliphatic rings. The Labute approximate surface area is 118 Å². The van der Waals surface area contributed by atoms with Gasteiger partial charge in [-0.15, -0.1) is 11.3 Å². The number of methoxy groups -OCH3 is 1. The van der Waals surface area contributed by atoms with Crippen molar-refractivity contribution in [2.75, 3.05) is 13.7 Å². The van der Waals surface area contributed by atoms with Gasteiger partial charge in [0.15, 0.2) is 0 Å². The molecule has 0 bridgehead atoms. The molecule has 1 atom stereocenters. The molecule has 98 valence electrons. The van der Waals surface area contributed by atoms with E-state index in [9.17, 15) is 0 Å². The lowest BCUT2D eigenvalue weighted by atomic mass is 10.1. The minimum atomic E-state index is -0.216. The second-order valence-corrected chi connectivity index (χ2v) is 5.61. The Morgan fingerprint density at radius 3 is 3.00 bits per heavy atom. The number of hydrogen-bond acceptors (Lipinski definition) is 5. The fourth-order valence-corrected chi connectivity index (χ4v) is 3.12. The van der Waals surface area contributed by atoms with E-state index in [1.54, 1.807) is 24.6 Å². The number of aromatic nitrogens is 3. The number of thiazole rings is 1. The first kappa shape index (κ1) is 13.7. The number of hydrogen-bond donors (Lipinski definition) is 1. The predicted molar refractivity (Wildman–Crippen MR) is 74.7 cm³/mol. The van der Waals surface area contributed by atoms with Gasteiger partial charge in [0.25, 0.3) is 0 Å². The standard InChI is InChI=1S/C11H15BrN4OS/c1-7-11(18-6-14-7)9(13)10-8(12)5-15-16(10)3-4-17-2/h5-6,9H,3-4,13H2,1-2H3. The van der Waals surface area contributed by atoms with Gasteiger partial charge in [-0.05, 0) is 22.9 Å². The van der Waals surface area contributed by atoms with Gasteiger partial charge in [0.05, 0.1) is 51.6 Å². The van der Waals surface area contributed by atoms with Crippen LogP contribution in [0.25, 0.3) is 0 Å². The molecule has 0 amide bonds. The van der Waals surface area contributed by atoms with E-state index >= 15 is 0 Å². The monoisotopic (exact) mass is 330 g/mol. The topological polar surface area (TPSA) is 66.0 Å². The second-order valence-electron chi connectivity index (χ2n) is 3.87. The summed E-state index contributed by atoms with van der Waals surface area (Å²) in [4.78, 5) is 5.30. The van der Waals surface area contributed by atoms with E-state index in [0.717, 1.165) is 20.7 Å². The second kappa shape index (κ2) is 5.92. The van der Waals surface area contributed by atoms with Gasteiger partial charge in [0, 0.05) is 7.11 Å². The Morgan fingerprint density at radius 1 is 1.61 bits per heavy atom. The summed E-state index contributed by atoms with van der Waals surface area (Å²) in [5.41, 5.74) is 10.1. The molecule has 0 fully saturated rings. The zero-order valence-corrected chi connectivity index (χ0v) is 12.7. The third-order valence-corrected chi connectivity index (χ3v) is 4.33. The lowest BCUT2D eigenvalue weighted by Gasteiger charge is -2.14. The molecular weight excluding hydrogens is 316 g/mol. The number of halogens is 1. The van der Waals surface area contributed by atoms with Crippen LogP contribution in [0.15, 0.2) is 16.2 Å². The van der Waals surface area contributed by atoms with Crippen molar-refractivity contribution in [3.8, 4) is 0 Å². The molecule has 2 aromatic rings. The van der Waals surface area contributed by atoms with E-state index in [0.29, 0.717) is 13.2 Å². The summed E-state index contributed by atoms with van der Waals surface area (Å²) in [5, 5.41) is 4.31. The molecule has 18 heavy (non-hydrogen) atoms. The molecule has 0 aliphatic carbocycles. The van der Waals surface area contributed by atoms with Crippen molar-refractivity contribution >= 4 is 27.3 Å². The van der Waals surface area contributed by atoms with E-state index in [1.165, 1.54) is 0 Å². The lowest BCUT2D eigenvalue weighted by Crippen LogP contribution is -2.19. The van der Waals surface area contributed by atoms with Crippen LogP contribution < -0.4 is 5.73 Å². The molecule has 2 aromatic heterocycles. The Balaban J connectivity index is 2.32. The molecule has 1 unspecified atom stereocenters. The van der Waals surface area contributed by atoms with Gasteiger partial charge >= 0.3 is 0 Å². The van der Waals surface area contributed by atoms with Crippen molar-refractivity contribution < 1.29 is 4.74 Å². The fraction of sp³-hybridized carbons (Fsp3) is 0.455. The van der Waals surface area contributed by atoms with Gasteiger partial charge < -0.3 is 10.5 Å². The van der Waals surface area contributed by atoms with Crippen molar-refractivity contribution in [2.45, 2.75) is 19.5 Å². The Hall–Kier alpha value is -0.760. The van der Waals surface area contributed by atoms with Crippen LogP contribution in [-0.4, -0.2) is 28.5 Å². The van der Waals surface area contributed by atoms with Crippen LogP contribution in [0, 0.1) is 6.92 Å². The van der Waals surface area contributed by atoms with E-state index in [1.807, 2.05) is 17.1 Å². The minimum absolute atomic E-state index is 0.216. The van der Waals surface area contributed by atoms with Gasteiger partial charge in [0.1, 0.15) is 0 Å². The van der Waals surface area contributed by atoms with E-state index in [2.05, 4.69) is 26.0 Å². The SMILES string of the molecule is COCCn1ncc(Br)c1C(N)c1scnc1C. The number of nitrogens with two attached hydrogens (primary N) is 1. The predicted octanol–water partition coefficient (Wildman–Crippen LogP) is 2.11. The maximum atomic E-state index is 6.32. The van der Waals surface area contributed by atoms with Gasteiger partial charge in [-0.2, -0.15) is 5.10 Å². The Bertz CT molecular complexity index is 525. The van der Waals surface area contributed by atoms with E-state index in [4.69, 9.17) is 10.5 Å². The molecule has 0 radical (unpaired) electrons. The van der Waals surface area contributed by atoms with Crippen molar-refractivity contribution in [1.82, 2.24) is 14.8 Å². The first-order valence-corrected chi connectivity index (χ1v) is 7.18. The first-order valence-electron chi connectivity index (χ1n) is 5.50. The molecule has 0 saturated heterocycles. The maximum Gasteiger partial charge on any atom is 0.0847 e. The molecule has 2 N–H and O–H groups in total. The number of rotatable bonds is 5. The molecule has 5 nitrogen and oxygen atoms in total. The van der Waals surface area contributed by atoms with Gasteiger partial charge in [-0.25, -0.2) is 4.98 Å². The highest BCUT2D eigenvalue weighted by Gasteiger charge is 2.21. The summed E-state index contributed by atoms with van der Waals surface area (Å²) in [6.45, 7) is 3.26. The highest BCUT2D eigenvalue weighted by atomic mass is 79.9. The summed E-state index contributed by atoms with van der Waals surface area (Å²) in [6, 6.07) is -0.216. The lowest BCUT2D eigenvalue weighted by molar-refractivity contribution is 0.182. The maximum absolute atomic E-state index is 6.32. The normalized spacial score (nSPS) is 12.9. The first-order chi connectivity index (χ1) is 8.65. The van der Waals surface area contributed by atoms with Crippen molar-refractivity contribution in [3.63, 3.8) is 0 Å². The number of aryl methyl sites for hydroxylation is 1. The number of ether oxygens (including phenoxy) is 1. The zero-order valence-electron chi connectivity index (χ0n) is 10.3. The highest BCUT2D eigenvalue weighted by Crippen LogP contribution is 2.30. The summed E-state index contributed by atoms with van der Waals surface area (Å²) < 4.78 is 7.87. The third kappa shape index (κ3) is 2.64. The smallest absolute Gasteiger partial charge is 0.0847 e. The quantitative estimate of drug-likeness (QED) is 0.911. The fourth-order valence-electron chi connectivity index (χ4n) is 1.77. The Morgan fingerprint density at radius 2 is 2.39 bits per heavy atom. The molecule has 2 heterocycles. The Kier molecular flexibility index (Phi) is 4.50. The summed E-state index contributed by atoms with van der Waals surface area (Å²) in [5.74, 6) is 0. The molecule has 0 spiro atoms. The summed E-state index contributed by atoms with van der Waals surface area (Å²) in [6.07, 6.45) is 1.77. The van der Waals surface area contributed by atoms with Gasteiger partial charge in [-0.1, -0.05) is 0 Å².